The normalized spacial score (nSPS) is 18.7. The highest BCUT2D eigenvalue weighted by Crippen LogP contribution is 2.56. The highest BCUT2D eigenvalue weighted by atomic mass is 14.5. The van der Waals surface area contributed by atoms with Gasteiger partial charge in [-0.2, -0.15) is 0 Å². The summed E-state index contributed by atoms with van der Waals surface area (Å²) in [6, 6.07) is 22.3. The summed E-state index contributed by atoms with van der Waals surface area (Å²) >= 11 is 0. The Kier molecular flexibility index (Phi) is 5.23. The minimum absolute atomic E-state index is 0.0571. The van der Waals surface area contributed by atoms with Crippen molar-refractivity contribution >= 4 is 0 Å². The summed E-state index contributed by atoms with van der Waals surface area (Å²) in [5, 5.41) is 0. The van der Waals surface area contributed by atoms with Crippen LogP contribution in [0.25, 0.3) is 0 Å². The Balaban J connectivity index is 2.32. The van der Waals surface area contributed by atoms with E-state index in [9.17, 15) is 0 Å². The van der Waals surface area contributed by atoms with E-state index in [1.807, 2.05) is 0 Å². The number of allylic oxidation sites excluding steroid dienone is 4. The van der Waals surface area contributed by atoms with Crippen LogP contribution >= 0.6 is 0 Å². The first-order chi connectivity index (χ1) is 12.4. The monoisotopic (exact) mass is 344 g/mol. The lowest BCUT2D eigenvalue weighted by molar-refractivity contribution is 0.184. The molecular formula is C26H32. The molecular weight excluding hydrogens is 312 g/mol. The Hall–Kier alpha value is -2.08. The number of hydrogen-bond donors (Lipinski definition) is 0. The van der Waals surface area contributed by atoms with Crippen molar-refractivity contribution < 1.29 is 0 Å². The molecule has 26 heavy (non-hydrogen) atoms. The highest BCUT2D eigenvalue weighted by molar-refractivity contribution is 5.49. The molecule has 0 radical (unpaired) electrons. The molecule has 0 heteroatoms. The molecule has 0 nitrogen and oxygen atoms in total. The second-order valence-electron chi connectivity index (χ2n) is 8.63. The van der Waals surface area contributed by atoms with Crippen LogP contribution in [0.1, 0.15) is 52.2 Å². The highest BCUT2D eigenvalue weighted by Gasteiger charge is 2.51. The second kappa shape index (κ2) is 7.27. The van der Waals surface area contributed by atoms with E-state index >= 15 is 0 Å². The minimum Gasteiger partial charge on any atom is -0.0761 e. The maximum atomic E-state index is 2.44. The maximum absolute atomic E-state index is 2.44. The van der Waals surface area contributed by atoms with Gasteiger partial charge in [0.25, 0.3) is 0 Å². The van der Waals surface area contributed by atoms with E-state index in [2.05, 4.69) is 114 Å². The van der Waals surface area contributed by atoms with Gasteiger partial charge in [0.1, 0.15) is 0 Å². The van der Waals surface area contributed by atoms with E-state index in [1.54, 1.807) is 5.57 Å². The molecule has 0 N–H and O–H groups in total. The fourth-order valence-electron chi connectivity index (χ4n) is 4.85. The number of hydrogen-bond acceptors (Lipinski definition) is 0. The van der Waals surface area contributed by atoms with Gasteiger partial charge in [0.2, 0.25) is 0 Å². The number of rotatable bonds is 5. The summed E-state index contributed by atoms with van der Waals surface area (Å²) in [6.07, 6.45) is 8.25. The zero-order valence-electron chi connectivity index (χ0n) is 16.9. The van der Waals surface area contributed by atoms with Crippen molar-refractivity contribution in [1.82, 2.24) is 0 Å². The Bertz CT molecular complexity index is 732. The van der Waals surface area contributed by atoms with E-state index in [0.29, 0.717) is 11.8 Å². The largest absolute Gasteiger partial charge is 0.0761 e. The third-order valence-corrected chi connectivity index (χ3v) is 6.24. The zero-order chi connectivity index (χ0) is 18.8. The molecule has 1 aliphatic rings. The van der Waals surface area contributed by atoms with Crippen molar-refractivity contribution in [2.24, 2.45) is 17.3 Å². The first-order valence-corrected chi connectivity index (χ1v) is 9.92. The molecule has 0 saturated heterocycles. The smallest absolute Gasteiger partial charge is 0.0351 e. The summed E-state index contributed by atoms with van der Waals surface area (Å²) in [7, 11) is 0. The van der Waals surface area contributed by atoms with Crippen LogP contribution in [0.3, 0.4) is 0 Å². The molecule has 136 valence electrons. The van der Waals surface area contributed by atoms with E-state index in [-0.39, 0.29) is 10.8 Å². The second-order valence-corrected chi connectivity index (χ2v) is 8.63. The molecule has 0 heterocycles. The lowest BCUT2D eigenvalue weighted by atomic mass is 9.51. The molecule has 0 amide bonds. The SMILES string of the molecule is CCC(C)C1=CC=CC1C(c1ccccc1)(c1ccccc1)C(C)(C)C. The van der Waals surface area contributed by atoms with Crippen molar-refractivity contribution in [3.63, 3.8) is 0 Å². The van der Waals surface area contributed by atoms with Crippen LogP contribution in [0.5, 0.6) is 0 Å². The lowest BCUT2D eigenvalue weighted by Gasteiger charge is -2.51. The third-order valence-electron chi connectivity index (χ3n) is 6.24. The predicted molar refractivity (Wildman–Crippen MR) is 113 cm³/mol. The van der Waals surface area contributed by atoms with Gasteiger partial charge in [-0.25, -0.2) is 0 Å². The van der Waals surface area contributed by atoms with Gasteiger partial charge in [-0.1, -0.05) is 119 Å². The van der Waals surface area contributed by atoms with E-state index in [1.165, 1.54) is 17.5 Å². The molecule has 0 aromatic heterocycles. The van der Waals surface area contributed by atoms with Gasteiger partial charge in [0.05, 0.1) is 0 Å². The van der Waals surface area contributed by atoms with E-state index in [0.717, 1.165) is 0 Å². The molecule has 0 bridgehead atoms. The molecule has 2 aromatic carbocycles. The summed E-state index contributed by atoms with van der Waals surface area (Å²) < 4.78 is 0. The molecule has 0 fully saturated rings. The fraction of sp³-hybridized carbons (Fsp3) is 0.385. The van der Waals surface area contributed by atoms with Crippen LogP contribution in [-0.4, -0.2) is 0 Å². The number of benzene rings is 2. The first kappa shape index (κ1) is 18.7. The van der Waals surface area contributed by atoms with Crippen molar-refractivity contribution in [2.45, 2.75) is 46.5 Å². The standard InChI is InChI=1S/C26H32/c1-6-20(2)23-18-13-19-24(23)26(25(3,4)5,21-14-9-7-10-15-21)22-16-11-8-12-17-22/h7-20,24H,6H2,1-5H3. The van der Waals surface area contributed by atoms with Crippen molar-refractivity contribution in [3.8, 4) is 0 Å². The van der Waals surface area contributed by atoms with Crippen molar-refractivity contribution in [2.75, 3.05) is 0 Å². The molecule has 0 aliphatic heterocycles. The van der Waals surface area contributed by atoms with Gasteiger partial charge >= 0.3 is 0 Å². The van der Waals surface area contributed by atoms with Crippen LogP contribution in [0, 0.1) is 17.3 Å². The molecule has 0 spiro atoms. The summed E-state index contributed by atoms with van der Waals surface area (Å²) in [6.45, 7) is 11.9. The average molecular weight is 345 g/mol. The molecule has 2 unspecified atom stereocenters. The van der Waals surface area contributed by atoms with Crippen LogP contribution in [0.15, 0.2) is 84.5 Å². The van der Waals surface area contributed by atoms with Gasteiger partial charge in [0.15, 0.2) is 0 Å². The molecule has 3 rings (SSSR count). The Morgan fingerprint density at radius 2 is 1.35 bits per heavy atom. The maximum Gasteiger partial charge on any atom is 0.0351 e. The first-order valence-electron chi connectivity index (χ1n) is 9.92. The molecule has 2 aromatic rings. The van der Waals surface area contributed by atoms with Gasteiger partial charge < -0.3 is 0 Å². The van der Waals surface area contributed by atoms with E-state index in [4.69, 9.17) is 0 Å². The Labute approximate surface area is 159 Å². The van der Waals surface area contributed by atoms with E-state index < -0.39 is 0 Å². The molecule has 0 saturated carbocycles. The average Bonchev–Trinajstić information content (AvgIpc) is 3.12. The van der Waals surface area contributed by atoms with Gasteiger partial charge in [0, 0.05) is 11.3 Å². The van der Waals surface area contributed by atoms with Crippen LogP contribution in [0.4, 0.5) is 0 Å². The van der Waals surface area contributed by atoms with Gasteiger partial charge in [-0.15, -0.1) is 0 Å². The van der Waals surface area contributed by atoms with Gasteiger partial charge in [-0.3, -0.25) is 0 Å². The zero-order valence-corrected chi connectivity index (χ0v) is 16.9. The Morgan fingerprint density at radius 1 is 0.846 bits per heavy atom. The molecule has 2 atom stereocenters. The topological polar surface area (TPSA) is 0 Å². The minimum atomic E-state index is -0.0994. The van der Waals surface area contributed by atoms with Crippen LogP contribution in [0.2, 0.25) is 0 Å². The summed E-state index contributed by atoms with van der Waals surface area (Å²) in [5.74, 6) is 0.964. The predicted octanol–water partition coefficient (Wildman–Crippen LogP) is 7.18. The van der Waals surface area contributed by atoms with Gasteiger partial charge in [-0.05, 0) is 28.9 Å². The van der Waals surface area contributed by atoms with Crippen LogP contribution < -0.4 is 0 Å². The molecule has 1 aliphatic carbocycles. The Morgan fingerprint density at radius 3 is 1.77 bits per heavy atom. The van der Waals surface area contributed by atoms with Crippen molar-refractivity contribution in [1.29, 1.82) is 0 Å². The fourth-order valence-corrected chi connectivity index (χ4v) is 4.85. The quantitative estimate of drug-likeness (QED) is 0.539. The van der Waals surface area contributed by atoms with Crippen molar-refractivity contribution in [3.05, 3.63) is 95.6 Å². The summed E-state index contributed by atoms with van der Waals surface area (Å²) in [5.41, 5.74) is 4.34. The van der Waals surface area contributed by atoms with Crippen LogP contribution in [-0.2, 0) is 5.41 Å². The third kappa shape index (κ3) is 2.96. The summed E-state index contributed by atoms with van der Waals surface area (Å²) in [4.78, 5) is 0. The lowest BCUT2D eigenvalue weighted by Crippen LogP contribution is -2.47.